The minimum Gasteiger partial charge on any atom is -0.377 e. The number of aromatic amines is 1. The molecule has 0 aromatic carbocycles. The molecule has 1 N–H and O–H groups in total. The first kappa shape index (κ1) is 17.2. The van der Waals surface area contributed by atoms with Gasteiger partial charge in [0.15, 0.2) is 0 Å². The van der Waals surface area contributed by atoms with Crippen molar-refractivity contribution in [3.63, 3.8) is 0 Å². The van der Waals surface area contributed by atoms with E-state index in [0.29, 0.717) is 25.3 Å². The monoisotopic (exact) mass is 355 g/mol. The predicted octanol–water partition coefficient (Wildman–Crippen LogP) is 2.64. The van der Waals surface area contributed by atoms with Gasteiger partial charge in [-0.15, -0.1) is 0 Å². The highest BCUT2D eigenvalue weighted by Crippen LogP contribution is 2.41. The first-order chi connectivity index (χ1) is 12.8. The number of pyridine rings is 1. The number of nitrogens with one attached hydrogen (secondary N) is 1. The van der Waals surface area contributed by atoms with Crippen LogP contribution in [0.15, 0.2) is 43.0 Å². The number of rotatable bonds is 5. The smallest absolute Gasteiger partial charge is 0.255 e. The van der Waals surface area contributed by atoms with Gasteiger partial charge in [0.2, 0.25) is 0 Å². The molecule has 2 unspecified atom stereocenters. The number of fused-ring (bicyclic) bond motifs is 1. The Morgan fingerprint density at radius 2 is 2.27 bits per heavy atom. The molecule has 4 rings (SSSR count). The number of carbonyl (C=O) groups excluding carboxylic acids is 1. The summed E-state index contributed by atoms with van der Waals surface area (Å²) in [6.45, 7) is 3.40. The first-order valence-corrected chi connectivity index (χ1v) is 9.27. The molecule has 0 aliphatic carbocycles. The van der Waals surface area contributed by atoms with Gasteiger partial charge in [-0.2, -0.15) is 0 Å². The summed E-state index contributed by atoms with van der Waals surface area (Å²) in [7, 11) is 0. The zero-order chi connectivity index (χ0) is 17.8. The maximum atomic E-state index is 12.8. The molecule has 2 atom stereocenters. The lowest BCUT2D eigenvalue weighted by Gasteiger charge is -2.50. The summed E-state index contributed by atoms with van der Waals surface area (Å²) in [6, 6.07) is 5.77. The minimum atomic E-state index is -0.116. The molecule has 0 bridgehead atoms. The fraction of sp³-hybridized carbons (Fsp3) is 0.500. The third-order valence-corrected chi connectivity index (χ3v) is 5.53. The van der Waals surface area contributed by atoms with E-state index in [-0.39, 0.29) is 17.4 Å². The van der Waals surface area contributed by atoms with Crippen molar-refractivity contribution in [2.24, 2.45) is 5.41 Å². The second-order valence-corrected chi connectivity index (χ2v) is 7.29. The molecule has 2 aliphatic heterocycles. The van der Waals surface area contributed by atoms with Crippen LogP contribution >= 0.6 is 0 Å². The van der Waals surface area contributed by atoms with E-state index in [4.69, 9.17) is 9.47 Å². The second-order valence-electron chi connectivity index (χ2n) is 7.29. The lowest BCUT2D eigenvalue weighted by molar-refractivity contribution is -0.148. The maximum absolute atomic E-state index is 12.8. The van der Waals surface area contributed by atoms with Crippen molar-refractivity contribution in [3.05, 3.63) is 54.1 Å². The number of hydrogen-bond acceptors (Lipinski definition) is 4. The van der Waals surface area contributed by atoms with Gasteiger partial charge in [-0.1, -0.05) is 0 Å². The highest BCUT2D eigenvalue weighted by atomic mass is 16.5. The molecule has 4 heterocycles. The van der Waals surface area contributed by atoms with E-state index in [9.17, 15) is 4.79 Å². The fourth-order valence-corrected chi connectivity index (χ4v) is 4.17. The number of amides is 1. The summed E-state index contributed by atoms with van der Waals surface area (Å²) in [4.78, 5) is 21.8. The molecule has 6 nitrogen and oxygen atoms in total. The number of piperidine rings is 1. The third kappa shape index (κ3) is 3.52. The average molecular weight is 355 g/mol. The van der Waals surface area contributed by atoms with Gasteiger partial charge in [-0.05, 0) is 43.0 Å². The van der Waals surface area contributed by atoms with Gasteiger partial charge in [-0.25, -0.2) is 0 Å². The molecule has 2 fully saturated rings. The Balaban J connectivity index is 1.45. The SMILES string of the molecule is O=C(c1cc[nH]c1)N1CCC2OCCCC2(COCc2ccncc2)C1. The molecule has 2 saturated heterocycles. The van der Waals surface area contributed by atoms with Gasteiger partial charge in [0.05, 0.1) is 24.9 Å². The zero-order valence-electron chi connectivity index (χ0n) is 14.9. The quantitative estimate of drug-likeness (QED) is 0.895. The van der Waals surface area contributed by atoms with Crippen LogP contribution in [0, 0.1) is 5.41 Å². The maximum Gasteiger partial charge on any atom is 0.255 e. The van der Waals surface area contributed by atoms with Gasteiger partial charge in [0, 0.05) is 49.9 Å². The Morgan fingerprint density at radius 1 is 1.38 bits per heavy atom. The van der Waals surface area contributed by atoms with E-state index in [1.165, 1.54) is 0 Å². The van der Waals surface area contributed by atoms with Crippen LogP contribution in [0.2, 0.25) is 0 Å². The summed E-state index contributed by atoms with van der Waals surface area (Å²) in [5.41, 5.74) is 1.71. The van der Waals surface area contributed by atoms with Gasteiger partial charge < -0.3 is 19.4 Å². The van der Waals surface area contributed by atoms with E-state index in [2.05, 4.69) is 9.97 Å². The van der Waals surface area contributed by atoms with Crippen LogP contribution in [0.1, 0.15) is 35.2 Å². The summed E-state index contributed by atoms with van der Waals surface area (Å²) < 4.78 is 12.2. The fourth-order valence-electron chi connectivity index (χ4n) is 4.17. The van der Waals surface area contributed by atoms with Crippen molar-refractivity contribution < 1.29 is 14.3 Å². The van der Waals surface area contributed by atoms with Crippen molar-refractivity contribution >= 4 is 5.91 Å². The number of aromatic nitrogens is 2. The van der Waals surface area contributed by atoms with Crippen molar-refractivity contribution in [1.82, 2.24) is 14.9 Å². The normalized spacial score (nSPS) is 25.7. The Hall–Kier alpha value is -2.18. The van der Waals surface area contributed by atoms with Crippen LogP contribution in [-0.4, -0.2) is 53.2 Å². The summed E-state index contributed by atoms with van der Waals surface area (Å²) >= 11 is 0. The van der Waals surface area contributed by atoms with Crippen molar-refractivity contribution in [3.8, 4) is 0 Å². The standard InChI is InChI=1S/C20H25N3O3/c24-19(17-4-9-22-12-17)23-10-5-18-20(14-23,6-1-11-26-18)15-25-13-16-2-7-21-8-3-16/h2-4,7-9,12,18,22H,1,5-6,10-11,13-15H2. The number of hydrogen-bond donors (Lipinski definition) is 1. The van der Waals surface area contributed by atoms with Crippen molar-refractivity contribution in [1.29, 1.82) is 0 Å². The Kier molecular flexibility index (Phi) is 5.04. The van der Waals surface area contributed by atoms with Crippen LogP contribution in [0.4, 0.5) is 0 Å². The number of carbonyl (C=O) groups is 1. The lowest BCUT2D eigenvalue weighted by Crippen LogP contribution is -2.58. The van der Waals surface area contributed by atoms with Gasteiger partial charge in [0.25, 0.3) is 5.91 Å². The van der Waals surface area contributed by atoms with Crippen LogP contribution in [0.5, 0.6) is 0 Å². The molecule has 0 radical (unpaired) electrons. The average Bonchev–Trinajstić information content (AvgIpc) is 3.22. The molecule has 26 heavy (non-hydrogen) atoms. The number of nitrogens with zero attached hydrogens (tertiary/aromatic N) is 2. The van der Waals surface area contributed by atoms with E-state index < -0.39 is 0 Å². The highest BCUT2D eigenvalue weighted by molar-refractivity contribution is 5.94. The molecule has 1 amide bonds. The summed E-state index contributed by atoms with van der Waals surface area (Å²) in [6.07, 6.45) is 10.2. The molecule has 2 aromatic heterocycles. The molecule has 0 saturated carbocycles. The van der Waals surface area contributed by atoms with Gasteiger partial charge in [0.1, 0.15) is 0 Å². The molecule has 138 valence electrons. The van der Waals surface area contributed by atoms with E-state index in [1.807, 2.05) is 23.1 Å². The summed E-state index contributed by atoms with van der Waals surface area (Å²) in [5.74, 6) is 0.0868. The Morgan fingerprint density at radius 3 is 3.08 bits per heavy atom. The lowest BCUT2D eigenvalue weighted by atomic mass is 9.73. The third-order valence-electron chi connectivity index (χ3n) is 5.53. The second kappa shape index (κ2) is 7.60. The number of ether oxygens (including phenoxy) is 2. The number of likely N-dealkylation sites (tertiary alicyclic amines) is 1. The van der Waals surface area contributed by atoms with Crippen molar-refractivity contribution in [2.45, 2.75) is 32.0 Å². The molecule has 2 aromatic rings. The largest absolute Gasteiger partial charge is 0.377 e. The first-order valence-electron chi connectivity index (χ1n) is 9.27. The van der Waals surface area contributed by atoms with E-state index >= 15 is 0 Å². The molecular formula is C20H25N3O3. The molecule has 0 spiro atoms. The number of H-pyrrole nitrogens is 1. The van der Waals surface area contributed by atoms with E-state index in [0.717, 1.165) is 38.0 Å². The van der Waals surface area contributed by atoms with Gasteiger partial charge in [-0.3, -0.25) is 9.78 Å². The van der Waals surface area contributed by atoms with E-state index in [1.54, 1.807) is 24.8 Å². The van der Waals surface area contributed by atoms with Crippen molar-refractivity contribution in [2.75, 3.05) is 26.3 Å². The zero-order valence-corrected chi connectivity index (χ0v) is 14.9. The Bertz CT molecular complexity index is 719. The van der Waals surface area contributed by atoms with Crippen LogP contribution in [0.3, 0.4) is 0 Å². The van der Waals surface area contributed by atoms with Crippen LogP contribution in [-0.2, 0) is 16.1 Å². The molecule has 2 aliphatic rings. The highest BCUT2D eigenvalue weighted by Gasteiger charge is 2.47. The Labute approximate surface area is 153 Å². The van der Waals surface area contributed by atoms with Gasteiger partial charge >= 0.3 is 0 Å². The topological polar surface area (TPSA) is 67.5 Å². The molecular weight excluding hydrogens is 330 g/mol. The summed E-state index contributed by atoms with van der Waals surface area (Å²) in [5, 5.41) is 0. The molecule has 6 heteroatoms. The minimum absolute atomic E-state index is 0.0868. The van der Waals surface area contributed by atoms with Crippen LogP contribution in [0.25, 0.3) is 0 Å². The predicted molar refractivity (Wildman–Crippen MR) is 96.6 cm³/mol. The van der Waals surface area contributed by atoms with Crippen LogP contribution < -0.4 is 0 Å².